The maximum atomic E-state index is 5.11. The first-order valence-corrected chi connectivity index (χ1v) is 22.0. The van der Waals surface area contributed by atoms with Crippen LogP contribution in [-0.2, 0) is 0 Å². The number of para-hydroxylation sites is 1. The average Bonchev–Trinajstić information content (AvgIpc) is 4.00. The fraction of sp³-hybridized carbons (Fsp3) is 0. The summed E-state index contributed by atoms with van der Waals surface area (Å²) >= 11 is 1.85. The molecule has 0 aliphatic heterocycles. The van der Waals surface area contributed by atoms with Crippen LogP contribution in [0, 0.1) is 0 Å². The second-order valence-electron chi connectivity index (χ2n) is 16.0. The molecule has 0 fully saturated rings. The molecule has 5 nitrogen and oxygen atoms in total. The Kier molecular flexibility index (Phi) is 8.01. The summed E-state index contributed by atoms with van der Waals surface area (Å²) in [6, 6.07) is 75.7. The van der Waals surface area contributed by atoms with Crippen LogP contribution in [0.4, 0.5) is 0 Å². The van der Waals surface area contributed by atoms with Crippen molar-refractivity contribution in [3.8, 4) is 56.7 Å². The molecule has 13 aromatic rings. The molecule has 0 saturated heterocycles. The van der Waals surface area contributed by atoms with E-state index in [2.05, 4.69) is 161 Å². The minimum Gasteiger partial charge on any atom is -0.309 e. The van der Waals surface area contributed by atoms with E-state index in [1.807, 2.05) is 72.0 Å². The molecule has 9 aromatic carbocycles. The number of nitrogens with zero attached hydrogens (tertiary/aromatic N) is 5. The quantitative estimate of drug-likeness (QED) is 0.168. The van der Waals surface area contributed by atoms with E-state index in [0.29, 0.717) is 17.5 Å². The highest BCUT2D eigenvalue weighted by molar-refractivity contribution is 7.25. The van der Waals surface area contributed by atoms with Crippen LogP contribution in [0.1, 0.15) is 0 Å². The highest BCUT2D eigenvalue weighted by Crippen LogP contribution is 2.43. The molecule has 4 heterocycles. The summed E-state index contributed by atoms with van der Waals surface area (Å²) in [7, 11) is 0. The van der Waals surface area contributed by atoms with E-state index >= 15 is 0 Å². The molecule has 0 unspecified atom stereocenters. The molecule has 13 rings (SSSR count). The summed E-state index contributed by atoms with van der Waals surface area (Å²) in [4.78, 5) is 15.2. The van der Waals surface area contributed by atoms with Gasteiger partial charge in [-0.3, -0.25) is 0 Å². The standard InChI is InChI=1S/C57H35N5S/c1-4-16-36(17-5-1)42-26-15-28-49-54(42)45-25-10-12-27-48(45)61(49)41-30-31-43-46-34-47-44-24-11-13-29-52(44)63-53(47)35-51(46)62(50(43)33-41)40-23-14-22-39(32-40)57-59-55(37-18-6-2-7-19-37)58-56(60-57)38-20-8-3-9-21-38/h1-35H. The molecule has 0 N–H and O–H groups in total. The smallest absolute Gasteiger partial charge is 0.164 e. The van der Waals surface area contributed by atoms with Gasteiger partial charge in [0.25, 0.3) is 0 Å². The summed E-state index contributed by atoms with van der Waals surface area (Å²) in [5.41, 5.74) is 12.0. The lowest BCUT2D eigenvalue weighted by molar-refractivity contribution is 1.07. The summed E-state index contributed by atoms with van der Waals surface area (Å²) in [5.74, 6) is 1.90. The lowest BCUT2D eigenvalue weighted by atomic mass is 9.99. The van der Waals surface area contributed by atoms with Gasteiger partial charge in [0.1, 0.15) is 0 Å². The van der Waals surface area contributed by atoms with Crippen molar-refractivity contribution >= 4 is 75.1 Å². The largest absolute Gasteiger partial charge is 0.309 e. The van der Waals surface area contributed by atoms with Crippen LogP contribution in [0.2, 0.25) is 0 Å². The molecular weight excluding hydrogens is 787 g/mol. The van der Waals surface area contributed by atoms with Gasteiger partial charge in [0.05, 0.1) is 22.1 Å². The molecule has 0 aliphatic rings. The average molecular weight is 822 g/mol. The van der Waals surface area contributed by atoms with E-state index in [1.165, 1.54) is 63.9 Å². The van der Waals surface area contributed by atoms with Crippen LogP contribution in [0.5, 0.6) is 0 Å². The zero-order valence-electron chi connectivity index (χ0n) is 33.9. The van der Waals surface area contributed by atoms with E-state index in [0.717, 1.165) is 39.1 Å². The second kappa shape index (κ2) is 14.2. The lowest BCUT2D eigenvalue weighted by Crippen LogP contribution is -2.01. The zero-order chi connectivity index (χ0) is 41.4. The van der Waals surface area contributed by atoms with Crippen LogP contribution in [-0.4, -0.2) is 24.1 Å². The van der Waals surface area contributed by atoms with Crippen LogP contribution in [0.25, 0.3) is 120 Å². The van der Waals surface area contributed by atoms with Crippen LogP contribution in [0.3, 0.4) is 0 Å². The highest BCUT2D eigenvalue weighted by Gasteiger charge is 2.21. The number of hydrogen-bond donors (Lipinski definition) is 0. The van der Waals surface area contributed by atoms with Gasteiger partial charge < -0.3 is 9.13 Å². The first-order chi connectivity index (χ1) is 31.2. The first kappa shape index (κ1) is 35.6. The molecule has 0 spiro atoms. The van der Waals surface area contributed by atoms with Gasteiger partial charge in [0.15, 0.2) is 17.5 Å². The third kappa shape index (κ3) is 5.73. The third-order valence-electron chi connectivity index (χ3n) is 12.4. The van der Waals surface area contributed by atoms with Crippen molar-refractivity contribution in [2.24, 2.45) is 0 Å². The fourth-order valence-electron chi connectivity index (χ4n) is 9.52. The normalized spacial score (nSPS) is 11.8. The van der Waals surface area contributed by atoms with Gasteiger partial charge in [-0.2, -0.15) is 0 Å². The predicted molar refractivity (Wildman–Crippen MR) is 263 cm³/mol. The predicted octanol–water partition coefficient (Wildman–Crippen LogP) is 15.1. The number of benzene rings is 9. The van der Waals surface area contributed by atoms with Crippen molar-refractivity contribution in [2.45, 2.75) is 0 Å². The lowest BCUT2D eigenvalue weighted by Gasteiger charge is -2.13. The van der Waals surface area contributed by atoms with Crippen molar-refractivity contribution in [3.05, 3.63) is 212 Å². The van der Waals surface area contributed by atoms with Crippen LogP contribution < -0.4 is 0 Å². The Morgan fingerprint density at radius 1 is 0.302 bits per heavy atom. The van der Waals surface area contributed by atoms with Crippen molar-refractivity contribution in [3.63, 3.8) is 0 Å². The monoisotopic (exact) mass is 821 g/mol. The Bertz CT molecular complexity index is 3850. The molecule has 0 amide bonds. The fourth-order valence-corrected chi connectivity index (χ4v) is 10.6. The maximum Gasteiger partial charge on any atom is 0.164 e. The number of rotatable bonds is 6. The Labute approximate surface area is 366 Å². The van der Waals surface area contributed by atoms with Crippen LogP contribution >= 0.6 is 11.3 Å². The first-order valence-electron chi connectivity index (χ1n) is 21.2. The second-order valence-corrected chi connectivity index (χ2v) is 17.1. The molecule has 0 radical (unpaired) electrons. The molecule has 4 aromatic heterocycles. The van der Waals surface area contributed by atoms with E-state index in [9.17, 15) is 0 Å². The number of thiophene rings is 1. The summed E-state index contributed by atoms with van der Waals surface area (Å²) in [6.07, 6.45) is 0. The molecule has 0 saturated carbocycles. The third-order valence-corrected chi connectivity index (χ3v) is 13.5. The molecule has 0 aliphatic carbocycles. The molecule has 0 atom stereocenters. The van der Waals surface area contributed by atoms with Gasteiger partial charge in [0, 0.05) is 69.8 Å². The van der Waals surface area contributed by atoms with Crippen molar-refractivity contribution in [1.82, 2.24) is 24.1 Å². The van der Waals surface area contributed by atoms with Crippen LogP contribution in [0.15, 0.2) is 212 Å². The zero-order valence-corrected chi connectivity index (χ0v) is 34.7. The minimum atomic E-state index is 0.623. The number of fused-ring (bicyclic) bond motifs is 9. The molecule has 294 valence electrons. The van der Waals surface area contributed by atoms with Gasteiger partial charge in [-0.1, -0.05) is 158 Å². The SMILES string of the molecule is c1ccc(-c2nc(-c3ccccc3)nc(-c3cccc(-n4c5cc(-n6c7ccccc7c7c(-c8ccccc8)cccc76)ccc5c5cc6c(cc54)sc4ccccc46)c3)n2)cc1. The van der Waals surface area contributed by atoms with E-state index in [-0.39, 0.29) is 0 Å². The van der Waals surface area contributed by atoms with Crippen molar-refractivity contribution in [1.29, 1.82) is 0 Å². The molecule has 63 heavy (non-hydrogen) atoms. The molecular formula is C57H35N5S. The topological polar surface area (TPSA) is 48.5 Å². The van der Waals surface area contributed by atoms with E-state index in [4.69, 9.17) is 15.0 Å². The van der Waals surface area contributed by atoms with Crippen molar-refractivity contribution in [2.75, 3.05) is 0 Å². The van der Waals surface area contributed by atoms with Gasteiger partial charge in [-0.05, 0) is 65.7 Å². The number of hydrogen-bond acceptors (Lipinski definition) is 4. The molecule has 6 heteroatoms. The minimum absolute atomic E-state index is 0.623. The van der Waals surface area contributed by atoms with E-state index < -0.39 is 0 Å². The molecule has 0 bridgehead atoms. The van der Waals surface area contributed by atoms with Gasteiger partial charge in [-0.25, -0.2) is 15.0 Å². The Balaban J connectivity index is 1.07. The van der Waals surface area contributed by atoms with Gasteiger partial charge in [0.2, 0.25) is 0 Å². The van der Waals surface area contributed by atoms with Crippen molar-refractivity contribution < 1.29 is 0 Å². The Hall–Kier alpha value is -8.19. The van der Waals surface area contributed by atoms with E-state index in [1.54, 1.807) is 0 Å². The Morgan fingerprint density at radius 2 is 0.857 bits per heavy atom. The van der Waals surface area contributed by atoms with Gasteiger partial charge in [-0.15, -0.1) is 11.3 Å². The maximum absolute atomic E-state index is 5.11. The van der Waals surface area contributed by atoms with Gasteiger partial charge >= 0.3 is 0 Å². The number of aromatic nitrogens is 5. The highest BCUT2D eigenvalue weighted by atomic mass is 32.1. The summed E-state index contributed by atoms with van der Waals surface area (Å²) in [5, 5.41) is 7.46. The summed E-state index contributed by atoms with van der Waals surface area (Å²) in [6.45, 7) is 0. The summed E-state index contributed by atoms with van der Waals surface area (Å²) < 4.78 is 7.42. The Morgan fingerprint density at radius 3 is 1.60 bits per heavy atom.